The number of likely N-dealkylation sites (tertiary alicyclic amines) is 1. The van der Waals surface area contributed by atoms with Crippen LogP contribution in [-0.4, -0.2) is 53.9 Å². The topological polar surface area (TPSA) is 75.7 Å². The molecular weight excluding hydrogens is 435 g/mol. The fourth-order valence-corrected chi connectivity index (χ4v) is 4.93. The molecule has 1 unspecified atom stereocenters. The van der Waals surface area contributed by atoms with Gasteiger partial charge in [0.1, 0.15) is 5.82 Å². The maximum atomic E-state index is 14.3. The lowest BCUT2D eigenvalue weighted by atomic mass is 9.94. The van der Waals surface area contributed by atoms with E-state index in [1.807, 2.05) is 0 Å². The first-order chi connectivity index (χ1) is 15.6. The van der Waals surface area contributed by atoms with Gasteiger partial charge in [-0.3, -0.25) is 9.69 Å². The highest BCUT2D eigenvalue weighted by Crippen LogP contribution is 2.28. The Morgan fingerprint density at radius 2 is 2.03 bits per heavy atom. The second-order valence-electron chi connectivity index (χ2n) is 8.85. The summed E-state index contributed by atoms with van der Waals surface area (Å²) in [6, 6.07) is 2.60. The van der Waals surface area contributed by atoms with Gasteiger partial charge in [-0.05, 0) is 49.8 Å². The number of rotatable bonds is 7. The molecular formula is C23H32ClFN4O3. The van der Waals surface area contributed by atoms with Gasteiger partial charge in [0.15, 0.2) is 12.1 Å². The molecule has 3 aliphatic rings. The predicted molar refractivity (Wildman–Crippen MR) is 122 cm³/mol. The summed E-state index contributed by atoms with van der Waals surface area (Å²) in [7, 11) is 0. The Kier molecular flexibility index (Phi) is 8.35. The maximum Gasteiger partial charge on any atom is 0.303 e. The summed E-state index contributed by atoms with van der Waals surface area (Å²) in [5.74, 6) is -1.37. The first kappa shape index (κ1) is 23.4. The number of hydrogen-bond donors (Lipinski definition) is 2. The van der Waals surface area contributed by atoms with E-state index < -0.39 is 18.0 Å². The molecule has 0 aromatic carbocycles. The molecule has 2 saturated heterocycles. The summed E-state index contributed by atoms with van der Waals surface area (Å²) in [6.07, 6.45) is 12.3. The SMILES string of the molecule is O=C(NOC1CCCCO1)/C(F)=C\c1cnc(N[C@@H]2CCN(C3CCCCC3)C2)c(Cl)c1. The quantitative estimate of drug-likeness (QED) is 0.457. The van der Waals surface area contributed by atoms with Crippen LogP contribution in [0.15, 0.2) is 18.1 Å². The molecule has 2 atom stereocenters. The molecule has 9 heteroatoms. The van der Waals surface area contributed by atoms with E-state index in [1.54, 1.807) is 6.07 Å². The van der Waals surface area contributed by atoms with Crippen molar-refractivity contribution < 1.29 is 18.8 Å². The number of amides is 1. The summed E-state index contributed by atoms with van der Waals surface area (Å²) in [6.45, 7) is 2.65. The van der Waals surface area contributed by atoms with E-state index in [0.717, 1.165) is 38.4 Å². The molecule has 32 heavy (non-hydrogen) atoms. The van der Waals surface area contributed by atoms with Crippen molar-refractivity contribution in [3.8, 4) is 0 Å². The van der Waals surface area contributed by atoms with Gasteiger partial charge < -0.3 is 10.1 Å². The van der Waals surface area contributed by atoms with Crippen LogP contribution in [-0.2, 0) is 14.4 Å². The molecule has 1 aromatic heterocycles. The number of carbonyl (C=O) groups is 1. The number of nitrogens with zero attached hydrogens (tertiary/aromatic N) is 2. The van der Waals surface area contributed by atoms with Gasteiger partial charge in [-0.2, -0.15) is 0 Å². The highest BCUT2D eigenvalue weighted by molar-refractivity contribution is 6.33. The van der Waals surface area contributed by atoms with Gasteiger partial charge in [-0.15, -0.1) is 0 Å². The van der Waals surface area contributed by atoms with E-state index in [9.17, 15) is 9.18 Å². The number of ether oxygens (including phenoxy) is 1. The van der Waals surface area contributed by atoms with E-state index in [1.165, 1.54) is 38.3 Å². The number of carbonyl (C=O) groups excluding carboxylic acids is 1. The second-order valence-corrected chi connectivity index (χ2v) is 9.26. The predicted octanol–water partition coefficient (Wildman–Crippen LogP) is 4.44. The van der Waals surface area contributed by atoms with Crippen LogP contribution in [0.5, 0.6) is 0 Å². The molecule has 0 radical (unpaired) electrons. The molecule has 7 nitrogen and oxygen atoms in total. The molecule has 1 aliphatic carbocycles. The average Bonchev–Trinajstić information content (AvgIpc) is 3.29. The van der Waals surface area contributed by atoms with E-state index in [-0.39, 0.29) is 0 Å². The third kappa shape index (κ3) is 6.41. The largest absolute Gasteiger partial charge is 0.365 e. The highest BCUT2D eigenvalue weighted by Gasteiger charge is 2.29. The normalized spacial score (nSPS) is 25.6. The van der Waals surface area contributed by atoms with Gasteiger partial charge in [0.2, 0.25) is 0 Å². The van der Waals surface area contributed by atoms with Crippen molar-refractivity contribution in [1.82, 2.24) is 15.4 Å². The average molecular weight is 467 g/mol. The number of halogens is 2. The summed E-state index contributed by atoms with van der Waals surface area (Å²) >= 11 is 6.39. The first-order valence-corrected chi connectivity index (χ1v) is 12.1. The van der Waals surface area contributed by atoms with Crippen molar-refractivity contribution in [3.63, 3.8) is 0 Å². The third-order valence-electron chi connectivity index (χ3n) is 6.45. The van der Waals surface area contributed by atoms with Gasteiger partial charge in [0.05, 0.1) is 5.02 Å². The van der Waals surface area contributed by atoms with Crippen molar-refractivity contribution in [3.05, 3.63) is 28.7 Å². The highest BCUT2D eigenvalue weighted by atomic mass is 35.5. The molecule has 4 rings (SSSR count). The Labute approximate surface area is 193 Å². The Morgan fingerprint density at radius 1 is 1.22 bits per heavy atom. The van der Waals surface area contributed by atoms with Crippen LogP contribution in [0.2, 0.25) is 5.02 Å². The number of aromatic nitrogens is 1. The van der Waals surface area contributed by atoms with Crippen molar-refractivity contribution >= 4 is 29.4 Å². The molecule has 176 valence electrons. The van der Waals surface area contributed by atoms with Gasteiger partial charge >= 0.3 is 5.91 Å². The summed E-state index contributed by atoms with van der Waals surface area (Å²) in [5, 5.41) is 3.82. The second kappa shape index (κ2) is 11.4. The lowest BCUT2D eigenvalue weighted by Crippen LogP contribution is -2.36. The summed E-state index contributed by atoms with van der Waals surface area (Å²) < 4.78 is 19.6. The van der Waals surface area contributed by atoms with Gasteiger partial charge in [-0.25, -0.2) is 19.7 Å². The Hall–Kier alpha value is -1.74. The maximum absolute atomic E-state index is 14.3. The summed E-state index contributed by atoms with van der Waals surface area (Å²) in [5.41, 5.74) is 2.50. The smallest absolute Gasteiger partial charge is 0.303 e. The molecule has 1 amide bonds. The van der Waals surface area contributed by atoms with Crippen LogP contribution in [0.3, 0.4) is 0 Å². The van der Waals surface area contributed by atoms with Crippen molar-refractivity contribution in [2.75, 3.05) is 25.0 Å². The van der Waals surface area contributed by atoms with E-state index >= 15 is 0 Å². The zero-order chi connectivity index (χ0) is 22.3. The number of anilines is 1. The lowest BCUT2D eigenvalue weighted by Gasteiger charge is -2.31. The van der Waals surface area contributed by atoms with E-state index in [4.69, 9.17) is 21.2 Å². The Bertz CT molecular complexity index is 812. The number of nitrogens with one attached hydrogen (secondary N) is 2. The van der Waals surface area contributed by atoms with Crippen LogP contribution in [0, 0.1) is 0 Å². The molecule has 2 aliphatic heterocycles. The van der Waals surface area contributed by atoms with Crippen LogP contribution in [0.4, 0.5) is 10.2 Å². The summed E-state index contributed by atoms with van der Waals surface area (Å²) in [4.78, 5) is 24.0. The van der Waals surface area contributed by atoms with Crippen molar-refractivity contribution in [2.45, 2.75) is 76.2 Å². The van der Waals surface area contributed by atoms with Gasteiger partial charge in [0, 0.05) is 44.4 Å². The molecule has 0 bridgehead atoms. The minimum absolute atomic E-state index is 0.296. The lowest BCUT2D eigenvalue weighted by molar-refractivity contribution is -0.199. The van der Waals surface area contributed by atoms with Crippen molar-refractivity contribution in [1.29, 1.82) is 0 Å². The molecule has 3 fully saturated rings. The minimum atomic E-state index is -0.988. The number of pyridine rings is 1. The van der Waals surface area contributed by atoms with Crippen LogP contribution < -0.4 is 10.8 Å². The molecule has 0 spiro atoms. The zero-order valence-electron chi connectivity index (χ0n) is 18.3. The fourth-order valence-electron chi connectivity index (χ4n) is 4.70. The third-order valence-corrected chi connectivity index (χ3v) is 6.73. The van der Waals surface area contributed by atoms with Gasteiger partial charge in [-0.1, -0.05) is 30.9 Å². The Morgan fingerprint density at radius 3 is 2.78 bits per heavy atom. The fraction of sp³-hybridized carbons (Fsp3) is 0.652. The number of hydrogen-bond acceptors (Lipinski definition) is 6. The standard InChI is InChI=1S/C23H32ClFN4O3/c24-19-12-16(13-20(25)23(30)28-32-21-8-4-5-11-31-21)14-26-22(19)27-17-9-10-29(15-17)18-6-2-1-3-7-18/h12-14,17-18,21H,1-11,15H2,(H,26,27)(H,28,30)/b20-13+/t17-,21?/m1/s1. The van der Waals surface area contributed by atoms with Crippen molar-refractivity contribution in [2.24, 2.45) is 0 Å². The molecule has 3 heterocycles. The van der Waals surface area contributed by atoms with Crippen LogP contribution >= 0.6 is 11.6 Å². The van der Waals surface area contributed by atoms with Gasteiger partial charge in [0.25, 0.3) is 0 Å². The van der Waals surface area contributed by atoms with Crippen LogP contribution in [0.25, 0.3) is 6.08 Å². The molecule has 1 aromatic rings. The van der Waals surface area contributed by atoms with Crippen LogP contribution in [0.1, 0.15) is 63.4 Å². The minimum Gasteiger partial charge on any atom is -0.365 e. The van der Waals surface area contributed by atoms with E-state index in [0.29, 0.717) is 41.5 Å². The van der Waals surface area contributed by atoms with E-state index in [2.05, 4.69) is 20.7 Å². The Balaban J connectivity index is 1.28. The molecule has 1 saturated carbocycles. The zero-order valence-corrected chi connectivity index (χ0v) is 19.1. The molecule has 2 N–H and O–H groups in total. The first-order valence-electron chi connectivity index (χ1n) is 11.7. The number of hydroxylamine groups is 1. The monoisotopic (exact) mass is 466 g/mol.